The van der Waals surface area contributed by atoms with Crippen LogP contribution in [0.1, 0.15) is 42.4 Å². The SMILES string of the molecule is COc1ccc2nccc(CCC[C@@H]3CCN(CC#Cc4ccc(C)cc4)C[C@@H]3CC(=O)O)c2c1. The molecule has 4 rings (SSSR count). The maximum Gasteiger partial charge on any atom is 0.303 e. The summed E-state index contributed by atoms with van der Waals surface area (Å²) < 4.78 is 5.40. The predicted molar refractivity (Wildman–Crippen MR) is 140 cm³/mol. The third kappa shape index (κ3) is 6.83. The number of methoxy groups -OCH3 is 1. The Kier molecular flexibility index (Phi) is 8.39. The molecule has 3 aromatic rings. The molecule has 0 bridgehead atoms. The van der Waals surface area contributed by atoms with Gasteiger partial charge in [-0.05, 0) is 92.9 Å². The summed E-state index contributed by atoms with van der Waals surface area (Å²) >= 11 is 0. The number of likely N-dealkylation sites (tertiary alicyclic amines) is 1. The molecule has 2 aromatic carbocycles. The molecule has 1 N–H and O–H groups in total. The number of nitrogens with zero attached hydrogens (tertiary/aromatic N) is 2. The quantitative estimate of drug-likeness (QED) is 0.450. The van der Waals surface area contributed by atoms with Crippen LogP contribution in [0.15, 0.2) is 54.7 Å². The van der Waals surface area contributed by atoms with Crippen molar-refractivity contribution in [3.8, 4) is 17.6 Å². The van der Waals surface area contributed by atoms with Gasteiger partial charge in [0.2, 0.25) is 0 Å². The monoisotopic (exact) mass is 470 g/mol. The summed E-state index contributed by atoms with van der Waals surface area (Å²) in [5.41, 5.74) is 4.50. The summed E-state index contributed by atoms with van der Waals surface area (Å²) in [5.74, 6) is 7.24. The number of aliphatic carboxylic acids is 1. The van der Waals surface area contributed by atoms with Crippen LogP contribution < -0.4 is 4.74 Å². The van der Waals surface area contributed by atoms with Crippen molar-refractivity contribution in [3.05, 3.63) is 71.4 Å². The molecule has 0 amide bonds. The summed E-state index contributed by atoms with van der Waals surface area (Å²) in [6.45, 7) is 4.52. The Morgan fingerprint density at radius 1 is 1.17 bits per heavy atom. The zero-order valence-corrected chi connectivity index (χ0v) is 20.7. The van der Waals surface area contributed by atoms with E-state index in [2.05, 4.69) is 52.9 Å². The maximum absolute atomic E-state index is 11.6. The molecule has 1 aliphatic heterocycles. The molecular weight excluding hydrogens is 436 g/mol. The van der Waals surface area contributed by atoms with Gasteiger partial charge in [0.05, 0.1) is 19.2 Å². The summed E-state index contributed by atoms with van der Waals surface area (Å²) in [4.78, 5) is 18.4. The summed E-state index contributed by atoms with van der Waals surface area (Å²) in [6.07, 6.45) is 6.14. The molecule has 0 aliphatic carbocycles. The molecule has 35 heavy (non-hydrogen) atoms. The number of carboxylic acid groups (broad SMARTS) is 1. The molecule has 182 valence electrons. The molecule has 0 unspecified atom stereocenters. The zero-order chi connectivity index (χ0) is 24.6. The Morgan fingerprint density at radius 2 is 2.00 bits per heavy atom. The Labute approximate surface area is 208 Å². The number of benzene rings is 2. The van der Waals surface area contributed by atoms with Crippen LogP contribution in [0.3, 0.4) is 0 Å². The van der Waals surface area contributed by atoms with Crippen molar-refractivity contribution in [1.29, 1.82) is 0 Å². The van der Waals surface area contributed by atoms with E-state index in [4.69, 9.17) is 4.74 Å². The first-order valence-corrected chi connectivity index (χ1v) is 12.4. The maximum atomic E-state index is 11.6. The minimum absolute atomic E-state index is 0.164. The van der Waals surface area contributed by atoms with E-state index in [1.54, 1.807) is 7.11 Å². The lowest BCUT2D eigenvalue weighted by Crippen LogP contribution is -2.41. The molecule has 5 heteroatoms. The van der Waals surface area contributed by atoms with Gasteiger partial charge >= 0.3 is 5.97 Å². The van der Waals surface area contributed by atoms with E-state index in [9.17, 15) is 9.90 Å². The molecule has 0 radical (unpaired) electrons. The van der Waals surface area contributed by atoms with Crippen molar-refractivity contribution in [3.63, 3.8) is 0 Å². The topological polar surface area (TPSA) is 62.7 Å². The number of pyridine rings is 1. The highest BCUT2D eigenvalue weighted by atomic mass is 16.5. The van der Waals surface area contributed by atoms with E-state index in [-0.39, 0.29) is 12.3 Å². The molecule has 1 fully saturated rings. The number of aryl methyl sites for hydroxylation is 2. The summed E-state index contributed by atoms with van der Waals surface area (Å²) in [6, 6.07) is 16.3. The third-order valence-electron chi connectivity index (χ3n) is 7.06. The summed E-state index contributed by atoms with van der Waals surface area (Å²) in [7, 11) is 1.68. The highest BCUT2D eigenvalue weighted by Crippen LogP contribution is 2.31. The molecule has 1 aromatic heterocycles. The highest BCUT2D eigenvalue weighted by molar-refractivity contribution is 5.83. The number of carbonyl (C=O) groups is 1. The van der Waals surface area contributed by atoms with E-state index < -0.39 is 5.97 Å². The minimum atomic E-state index is -0.709. The fraction of sp³-hybridized carbons (Fsp3) is 0.400. The Bertz CT molecular complexity index is 1210. The second-order valence-electron chi connectivity index (χ2n) is 9.55. The van der Waals surface area contributed by atoms with Crippen molar-refractivity contribution < 1.29 is 14.6 Å². The van der Waals surface area contributed by atoms with Crippen LogP contribution in [-0.2, 0) is 11.2 Å². The first-order chi connectivity index (χ1) is 17.0. The number of rotatable bonds is 8. The second-order valence-corrected chi connectivity index (χ2v) is 9.55. The van der Waals surface area contributed by atoms with Crippen LogP contribution in [0.2, 0.25) is 0 Å². The largest absolute Gasteiger partial charge is 0.497 e. The van der Waals surface area contributed by atoms with E-state index >= 15 is 0 Å². The number of aromatic nitrogens is 1. The van der Waals surface area contributed by atoms with Crippen molar-refractivity contribution in [2.24, 2.45) is 11.8 Å². The number of hydrogen-bond donors (Lipinski definition) is 1. The van der Waals surface area contributed by atoms with Crippen molar-refractivity contribution in [2.45, 2.75) is 39.0 Å². The number of carboxylic acids is 1. The number of piperidine rings is 1. The van der Waals surface area contributed by atoms with Gasteiger partial charge in [-0.1, -0.05) is 29.5 Å². The lowest BCUT2D eigenvalue weighted by atomic mass is 9.80. The van der Waals surface area contributed by atoms with Gasteiger partial charge in [0.15, 0.2) is 0 Å². The van der Waals surface area contributed by atoms with Gasteiger partial charge in [0.1, 0.15) is 5.75 Å². The minimum Gasteiger partial charge on any atom is -0.497 e. The Morgan fingerprint density at radius 3 is 2.77 bits per heavy atom. The zero-order valence-electron chi connectivity index (χ0n) is 20.7. The number of fused-ring (bicyclic) bond motifs is 1. The fourth-order valence-electron chi connectivity index (χ4n) is 5.11. The molecule has 1 saturated heterocycles. The van der Waals surface area contributed by atoms with Gasteiger partial charge < -0.3 is 9.84 Å². The highest BCUT2D eigenvalue weighted by Gasteiger charge is 2.30. The lowest BCUT2D eigenvalue weighted by Gasteiger charge is -2.37. The van der Waals surface area contributed by atoms with Gasteiger partial charge in [0, 0.05) is 30.1 Å². The van der Waals surface area contributed by atoms with E-state index in [0.29, 0.717) is 12.5 Å². The molecule has 0 saturated carbocycles. The first kappa shape index (κ1) is 24.8. The third-order valence-corrected chi connectivity index (χ3v) is 7.06. The molecule has 2 atom stereocenters. The smallest absolute Gasteiger partial charge is 0.303 e. The first-order valence-electron chi connectivity index (χ1n) is 12.4. The van der Waals surface area contributed by atoms with Gasteiger partial charge in [-0.15, -0.1) is 0 Å². The van der Waals surface area contributed by atoms with Gasteiger partial charge in [0.25, 0.3) is 0 Å². The molecule has 1 aliphatic rings. The molecule has 2 heterocycles. The van der Waals surface area contributed by atoms with Crippen LogP contribution in [0.4, 0.5) is 0 Å². The normalized spacial score (nSPS) is 18.1. The molecule has 5 nitrogen and oxygen atoms in total. The molecule has 0 spiro atoms. The lowest BCUT2D eigenvalue weighted by molar-refractivity contribution is -0.139. The van der Waals surface area contributed by atoms with Gasteiger partial charge in [-0.2, -0.15) is 0 Å². The van der Waals surface area contributed by atoms with Crippen molar-refractivity contribution in [2.75, 3.05) is 26.7 Å². The van der Waals surface area contributed by atoms with Gasteiger partial charge in [-0.25, -0.2) is 0 Å². The number of hydrogen-bond acceptors (Lipinski definition) is 4. The van der Waals surface area contributed by atoms with E-state index in [1.165, 1.54) is 11.1 Å². The molecular formula is C30H34N2O3. The van der Waals surface area contributed by atoms with Gasteiger partial charge in [-0.3, -0.25) is 14.7 Å². The summed E-state index contributed by atoms with van der Waals surface area (Å²) in [5, 5.41) is 10.7. The van der Waals surface area contributed by atoms with Crippen LogP contribution in [-0.4, -0.2) is 47.7 Å². The second kappa shape index (κ2) is 11.9. The predicted octanol–water partition coefficient (Wildman–Crippen LogP) is 5.34. The van der Waals surface area contributed by atoms with Crippen LogP contribution in [0.25, 0.3) is 10.9 Å². The number of ether oxygens (including phenoxy) is 1. The van der Waals surface area contributed by atoms with E-state index in [0.717, 1.165) is 61.0 Å². The fourth-order valence-corrected chi connectivity index (χ4v) is 5.11. The van der Waals surface area contributed by atoms with Crippen LogP contribution in [0, 0.1) is 30.6 Å². The Balaban J connectivity index is 1.34. The average Bonchev–Trinajstić information content (AvgIpc) is 2.86. The van der Waals surface area contributed by atoms with Crippen molar-refractivity contribution >= 4 is 16.9 Å². The standard InChI is InChI=1S/C30H34N2O3/c1-22-8-10-23(11-9-22)5-4-17-32-18-15-24(26(21-32)19-30(33)34)6-3-7-25-14-16-31-29-13-12-27(35-2)20-28(25)29/h8-14,16,20,24,26H,3,6-7,15,17-19,21H2,1-2H3,(H,33,34)/t24-,26+/m1/s1. The van der Waals surface area contributed by atoms with Crippen molar-refractivity contribution in [1.82, 2.24) is 9.88 Å². The van der Waals surface area contributed by atoms with Crippen LogP contribution >= 0.6 is 0 Å². The average molecular weight is 471 g/mol. The Hall–Kier alpha value is -3.36. The van der Waals surface area contributed by atoms with Crippen LogP contribution in [0.5, 0.6) is 5.75 Å². The van der Waals surface area contributed by atoms with E-state index in [1.807, 2.05) is 30.5 Å².